The first-order valence-corrected chi connectivity index (χ1v) is 7.21. The summed E-state index contributed by atoms with van der Waals surface area (Å²) in [6, 6.07) is 9.99. The molecule has 0 saturated carbocycles. The highest BCUT2D eigenvalue weighted by molar-refractivity contribution is 6.94. The van der Waals surface area contributed by atoms with Gasteiger partial charge in [-0.25, -0.2) is 0 Å². The highest BCUT2D eigenvalue weighted by Crippen LogP contribution is 2.04. The monoisotopic (exact) mass is 198 g/mol. The summed E-state index contributed by atoms with van der Waals surface area (Å²) in [6.45, 7) is 9.74. The quantitative estimate of drug-likeness (QED) is 0.506. The van der Waals surface area contributed by atoms with Crippen LogP contribution in [0.25, 0.3) is 0 Å². The van der Waals surface area contributed by atoms with Crippen LogP contribution < -0.4 is 0 Å². The van der Waals surface area contributed by atoms with Crippen molar-refractivity contribution in [1.29, 1.82) is 0 Å². The van der Waals surface area contributed by atoms with Crippen LogP contribution in [0.2, 0.25) is 6.55 Å². The standard InChI is InChI=1S/C13H14Si/c1-4-14(3,5-2)12-11-13-9-7-6-8-10-13/h4-10H,1-2H2,3H3. The number of rotatable bonds is 2. The van der Waals surface area contributed by atoms with E-state index in [0.29, 0.717) is 0 Å². The molecule has 0 fully saturated rings. The zero-order chi connectivity index (χ0) is 10.4. The predicted molar refractivity (Wildman–Crippen MR) is 65.3 cm³/mol. The Morgan fingerprint density at radius 1 is 1.14 bits per heavy atom. The molecule has 0 radical (unpaired) electrons. The molecule has 0 amide bonds. The second kappa shape index (κ2) is 4.64. The summed E-state index contributed by atoms with van der Waals surface area (Å²) < 4.78 is 0. The maximum absolute atomic E-state index is 3.80. The molecule has 0 aliphatic carbocycles. The Bertz CT molecular complexity index is 371. The van der Waals surface area contributed by atoms with Crippen LogP contribution in [0.4, 0.5) is 0 Å². The van der Waals surface area contributed by atoms with Crippen LogP contribution in [0.3, 0.4) is 0 Å². The molecule has 0 N–H and O–H groups in total. The molecule has 70 valence electrons. The van der Waals surface area contributed by atoms with Crippen LogP contribution in [0.1, 0.15) is 5.56 Å². The summed E-state index contributed by atoms with van der Waals surface area (Å²) in [5.41, 5.74) is 8.20. The van der Waals surface area contributed by atoms with E-state index in [-0.39, 0.29) is 0 Å². The van der Waals surface area contributed by atoms with Gasteiger partial charge in [-0.05, 0) is 12.1 Å². The molecule has 1 heteroatoms. The smallest absolute Gasteiger partial charge is 0.116 e. The van der Waals surface area contributed by atoms with Gasteiger partial charge >= 0.3 is 0 Å². The van der Waals surface area contributed by atoms with Crippen molar-refractivity contribution in [2.75, 3.05) is 0 Å². The van der Waals surface area contributed by atoms with Crippen LogP contribution in [-0.4, -0.2) is 8.07 Å². The Balaban J connectivity index is 2.93. The van der Waals surface area contributed by atoms with Crippen molar-refractivity contribution in [3.05, 3.63) is 60.5 Å². The molecule has 0 unspecified atom stereocenters. The molecule has 0 saturated heterocycles. The average molecular weight is 198 g/mol. The van der Waals surface area contributed by atoms with Crippen LogP contribution in [0, 0.1) is 11.5 Å². The van der Waals surface area contributed by atoms with Gasteiger partial charge in [0, 0.05) is 5.56 Å². The summed E-state index contributed by atoms with van der Waals surface area (Å²) in [4.78, 5) is 0. The molecule has 1 aromatic carbocycles. The largest absolute Gasteiger partial charge is 0.181 e. The van der Waals surface area contributed by atoms with Gasteiger partial charge in [-0.2, -0.15) is 0 Å². The van der Waals surface area contributed by atoms with E-state index in [1.165, 1.54) is 0 Å². The van der Waals surface area contributed by atoms with Crippen LogP contribution >= 0.6 is 0 Å². The lowest BCUT2D eigenvalue weighted by atomic mass is 10.2. The maximum Gasteiger partial charge on any atom is 0.181 e. The van der Waals surface area contributed by atoms with E-state index in [2.05, 4.69) is 31.2 Å². The van der Waals surface area contributed by atoms with E-state index in [1.54, 1.807) is 0 Å². The minimum atomic E-state index is -1.71. The van der Waals surface area contributed by atoms with Crippen molar-refractivity contribution in [2.45, 2.75) is 6.55 Å². The Hall–Kier alpha value is -1.52. The fraction of sp³-hybridized carbons (Fsp3) is 0.0769. The zero-order valence-corrected chi connectivity index (χ0v) is 9.46. The summed E-state index contributed by atoms with van der Waals surface area (Å²) in [6.07, 6.45) is 0. The minimum absolute atomic E-state index is 1.05. The van der Waals surface area contributed by atoms with E-state index in [4.69, 9.17) is 0 Å². The SMILES string of the molecule is C=C[Si](C)(C#Cc1ccccc1)C=C. The van der Waals surface area contributed by atoms with Crippen molar-refractivity contribution >= 4 is 8.07 Å². The summed E-state index contributed by atoms with van der Waals surface area (Å²) in [5.74, 6) is 3.16. The molecule has 0 nitrogen and oxygen atoms in total. The number of hydrogen-bond donors (Lipinski definition) is 0. The Morgan fingerprint density at radius 2 is 1.71 bits per heavy atom. The Labute approximate surface area is 87.0 Å². The predicted octanol–water partition coefficient (Wildman–Crippen LogP) is 3.11. The van der Waals surface area contributed by atoms with E-state index in [1.807, 2.05) is 41.7 Å². The summed E-state index contributed by atoms with van der Waals surface area (Å²) in [5, 5.41) is 0. The van der Waals surface area contributed by atoms with Crippen LogP contribution in [0.15, 0.2) is 54.9 Å². The van der Waals surface area contributed by atoms with Crippen molar-refractivity contribution in [1.82, 2.24) is 0 Å². The molecule has 0 heterocycles. The van der Waals surface area contributed by atoms with Crippen molar-refractivity contribution < 1.29 is 0 Å². The van der Waals surface area contributed by atoms with Gasteiger partial charge in [-0.1, -0.05) is 42.1 Å². The first kappa shape index (κ1) is 10.6. The summed E-state index contributed by atoms with van der Waals surface area (Å²) in [7, 11) is -1.71. The van der Waals surface area contributed by atoms with Gasteiger partial charge in [0.2, 0.25) is 0 Å². The lowest BCUT2D eigenvalue weighted by Gasteiger charge is -2.07. The van der Waals surface area contributed by atoms with Gasteiger partial charge in [0.1, 0.15) is 0 Å². The third-order valence-corrected chi connectivity index (χ3v) is 4.46. The molecule has 1 aromatic rings. The molecule has 0 spiro atoms. The average Bonchev–Trinajstić information content (AvgIpc) is 2.27. The third-order valence-electron chi connectivity index (χ3n) is 2.10. The van der Waals surface area contributed by atoms with Crippen LogP contribution in [0.5, 0.6) is 0 Å². The second-order valence-corrected chi connectivity index (χ2v) is 6.94. The zero-order valence-electron chi connectivity index (χ0n) is 8.46. The van der Waals surface area contributed by atoms with E-state index in [0.717, 1.165) is 5.56 Å². The lowest BCUT2D eigenvalue weighted by molar-refractivity contribution is 1.65. The molecule has 14 heavy (non-hydrogen) atoms. The van der Waals surface area contributed by atoms with Crippen molar-refractivity contribution in [3.8, 4) is 11.5 Å². The van der Waals surface area contributed by atoms with Crippen molar-refractivity contribution in [2.24, 2.45) is 0 Å². The molecule has 0 atom stereocenters. The molecular formula is C13H14Si. The van der Waals surface area contributed by atoms with Gasteiger partial charge < -0.3 is 0 Å². The Kier molecular flexibility index (Phi) is 3.50. The number of hydrogen-bond acceptors (Lipinski definition) is 0. The van der Waals surface area contributed by atoms with Crippen molar-refractivity contribution in [3.63, 3.8) is 0 Å². The van der Waals surface area contributed by atoms with E-state index in [9.17, 15) is 0 Å². The number of benzene rings is 1. The first-order valence-electron chi connectivity index (χ1n) is 4.55. The van der Waals surface area contributed by atoms with E-state index >= 15 is 0 Å². The second-order valence-electron chi connectivity index (χ2n) is 3.31. The Morgan fingerprint density at radius 3 is 2.21 bits per heavy atom. The van der Waals surface area contributed by atoms with E-state index < -0.39 is 8.07 Å². The molecule has 0 bridgehead atoms. The van der Waals surface area contributed by atoms with Gasteiger partial charge in [-0.15, -0.1) is 18.7 Å². The molecule has 0 aliphatic rings. The molecule has 0 aliphatic heterocycles. The van der Waals surface area contributed by atoms with Gasteiger partial charge in [0.05, 0.1) is 0 Å². The fourth-order valence-corrected chi connectivity index (χ4v) is 1.70. The summed E-state index contributed by atoms with van der Waals surface area (Å²) >= 11 is 0. The highest BCUT2D eigenvalue weighted by atomic mass is 28.3. The van der Waals surface area contributed by atoms with Gasteiger partial charge in [0.25, 0.3) is 0 Å². The minimum Gasteiger partial charge on any atom is -0.116 e. The lowest BCUT2D eigenvalue weighted by Crippen LogP contribution is -2.21. The maximum atomic E-state index is 3.80. The topological polar surface area (TPSA) is 0 Å². The van der Waals surface area contributed by atoms with Crippen LogP contribution in [-0.2, 0) is 0 Å². The highest BCUT2D eigenvalue weighted by Gasteiger charge is 2.14. The normalized spacial score (nSPS) is 9.79. The van der Waals surface area contributed by atoms with Gasteiger partial charge in [0.15, 0.2) is 8.07 Å². The molecule has 1 rings (SSSR count). The van der Waals surface area contributed by atoms with Gasteiger partial charge in [-0.3, -0.25) is 0 Å². The molecule has 0 aromatic heterocycles. The molecular weight excluding hydrogens is 184 g/mol. The first-order chi connectivity index (χ1) is 6.70. The third kappa shape index (κ3) is 2.76. The fourth-order valence-electron chi connectivity index (χ4n) is 0.914.